The molecule has 17 heavy (non-hydrogen) atoms. The molecule has 1 heterocycles. The lowest BCUT2D eigenvalue weighted by Gasteiger charge is -2.30. The fraction of sp³-hybridized carbons (Fsp3) is 1.00. The molecule has 0 saturated carbocycles. The summed E-state index contributed by atoms with van der Waals surface area (Å²) in [5.74, 6) is 0. The van der Waals surface area contributed by atoms with E-state index in [4.69, 9.17) is 4.74 Å². The summed E-state index contributed by atoms with van der Waals surface area (Å²) >= 11 is 0. The van der Waals surface area contributed by atoms with Gasteiger partial charge in [-0.1, -0.05) is 13.3 Å². The van der Waals surface area contributed by atoms with E-state index in [1.54, 1.807) is 0 Å². The van der Waals surface area contributed by atoms with Crippen molar-refractivity contribution in [1.29, 1.82) is 0 Å². The van der Waals surface area contributed by atoms with Gasteiger partial charge in [-0.3, -0.25) is 0 Å². The molecule has 0 radical (unpaired) electrons. The first kappa shape index (κ1) is 14.9. The van der Waals surface area contributed by atoms with Crippen LogP contribution in [0.4, 0.5) is 0 Å². The van der Waals surface area contributed by atoms with Crippen LogP contribution in [0.15, 0.2) is 0 Å². The van der Waals surface area contributed by atoms with Crippen molar-refractivity contribution in [3.05, 3.63) is 0 Å². The molecule has 1 rings (SSSR count). The highest BCUT2D eigenvalue weighted by Gasteiger charge is 2.15. The standard InChI is InChI=1S/C14H30N2O/c1-3-10-16(11-7-12-17-4-2)13-14-8-5-6-9-15-14/h14-15H,3-13H2,1-2H3. The number of nitrogens with zero attached hydrogens (tertiary/aromatic N) is 1. The second-order valence-electron chi connectivity index (χ2n) is 5.00. The lowest BCUT2D eigenvalue weighted by molar-refractivity contribution is 0.128. The molecule has 1 aliphatic rings. The number of rotatable bonds is 9. The van der Waals surface area contributed by atoms with Crippen molar-refractivity contribution in [2.24, 2.45) is 0 Å². The summed E-state index contributed by atoms with van der Waals surface area (Å²) < 4.78 is 5.41. The Kier molecular flexibility index (Phi) is 8.67. The second kappa shape index (κ2) is 9.86. The summed E-state index contributed by atoms with van der Waals surface area (Å²) in [6.07, 6.45) is 6.53. The highest BCUT2D eigenvalue weighted by molar-refractivity contribution is 4.76. The quantitative estimate of drug-likeness (QED) is 0.628. The molecule has 0 amide bonds. The van der Waals surface area contributed by atoms with E-state index in [0.29, 0.717) is 0 Å². The van der Waals surface area contributed by atoms with Gasteiger partial charge in [0.05, 0.1) is 0 Å². The first-order chi connectivity index (χ1) is 8.36. The summed E-state index contributed by atoms with van der Waals surface area (Å²) in [5, 5.41) is 3.64. The molecule has 1 aliphatic heterocycles. The first-order valence-electron chi connectivity index (χ1n) is 7.40. The number of ether oxygens (including phenoxy) is 1. The average molecular weight is 242 g/mol. The molecule has 1 N–H and O–H groups in total. The van der Waals surface area contributed by atoms with E-state index in [0.717, 1.165) is 19.3 Å². The van der Waals surface area contributed by atoms with Gasteiger partial charge in [-0.15, -0.1) is 0 Å². The van der Waals surface area contributed by atoms with Gasteiger partial charge in [-0.05, 0) is 45.7 Å². The van der Waals surface area contributed by atoms with Crippen molar-refractivity contribution >= 4 is 0 Å². The molecule has 0 aromatic rings. The summed E-state index contributed by atoms with van der Waals surface area (Å²) in [6.45, 7) is 10.9. The molecular formula is C14H30N2O. The van der Waals surface area contributed by atoms with E-state index < -0.39 is 0 Å². The van der Waals surface area contributed by atoms with Crippen LogP contribution >= 0.6 is 0 Å². The Morgan fingerprint density at radius 2 is 2.12 bits per heavy atom. The van der Waals surface area contributed by atoms with Gasteiger partial charge in [-0.25, -0.2) is 0 Å². The predicted octanol–water partition coefficient (Wildman–Crippen LogP) is 2.27. The second-order valence-corrected chi connectivity index (χ2v) is 5.00. The van der Waals surface area contributed by atoms with Crippen molar-refractivity contribution in [1.82, 2.24) is 10.2 Å². The third-order valence-electron chi connectivity index (χ3n) is 3.40. The van der Waals surface area contributed by atoms with Gasteiger partial charge >= 0.3 is 0 Å². The van der Waals surface area contributed by atoms with E-state index in [1.807, 2.05) is 0 Å². The number of hydrogen-bond donors (Lipinski definition) is 1. The number of nitrogens with one attached hydrogen (secondary N) is 1. The molecule has 3 nitrogen and oxygen atoms in total. The molecule has 0 bridgehead atoms. The Labute approximate surface area is 107 Å². The van der Waals surface area contributed by atoms with Gasteiger partial charge in [0.2, 0.25) is 0 Å². The SMILES string of the molecule is CCCN(CCCOCC)CC1CCCCN1. The Hall–Kier alpha value is -0.120. The van der Waals surface area contributed by atoms with Crippen molar-refractivity contribution in [2.75, 3.05) is 39.4 Å². The van der Waals surface area contributed by atoms with E-state index in [9.17, 15) is 0 Å². The monoisotopic (exact) mass is 242 g/mol. The zero-order valence-corrected chi connectivity index (χ0v) is 11.7. The zero-order valence-electron chi connectivity index (χ0n) is 11.7. The molecule has 0 aliphatic carbocycles. The lowest BCUT2D eigenvalue weighted by atomic mass is 10.0. The van der Waals surface area contributed by atoms with Gasteiger partial charge in [0.25, 0.3) is 0 Å². The molecule has 1 fully saturated rings. The maximum absolute atomic E-state index is 5.41. The zero-order chi connectivity index (χ0) is 12.3. The summed E-state index contributed by atoms with van der Waals surface area (Å²) in [5.41, 5.74) is 0. The number of hydrogen-bond acceptors (Lipinski definition) is 3. The summed E-state index contributed by atoms with van der Waals surface area (Å²) in [6, 6.07) is 0.724. The Morgan fingerprint density at radius 3 is 2.76 bits per heavy atom. The third kappa shape index (κ3) is 7.02. The van der Waals surface area contributed by atoms with Crippen molar-refractivity contribution in [3.63, 3.8) is 0 Å². The smallest absolute Gasteiger partial charge is 0.0478 e. The molecule has 3 heteroatoms. The van der Waals surface area contributed by atoms with Crippen molar-refractivity contribution in [3.8, 4) is 0 Å². The van der Waals surface area contributed by atoms with Crippen LogP contribution in [0.2, 0.25) is 0 Å². The van der Waals surface area contributed by atoms with Crippen LogP contribution in [0, 0.1) is 0 Å². The van der Waals surface area contributed by atoms with Crippen molar-refractivity contribution < 1.29 is 4.74 Å². The third-order valence-corrected chi connectivity index (χ3v) is 3.40. The Balaban J connectivity index is 2.16. The van der Waals surface area contributed by atoms with E-state index in [1.165, 1.54) is 58.3 Å². The lowest BCUT2D eigenvalue weighted by Crippen LogP contribution is -2.44. The molecule has 1 saturated heterocycles. The minimum atomic E-state index is 0.724. The highest BCUT2D eigenvalue weighted by atomic mass is 16.5. The van der Waals surface area contributed by atoms with Crippen LogP contribution in [-0.2, 0) is 4.74 Å². The maximum Gasteiger partial charge on any atom is 0.0478 e. The topological polar surface area (TPSA) is 24.5 Å². The Bertz CT molecular complexity index is 170. The molecule has 0 aromatic carbocycles. The maximum atomic E-state index is 5.41. The Morgan fingerprint density at radius 1 is 1.24 bits per heavy atom. The van der Waals surface area contributed by atoms with Crippen LogP contribution in [0.1, 0.15) is 46.0 Å². The minimum Gasteiger partial charge on any atom is -0.382 e. The fourth-order valence-electron chi connectivity index (χ4n) is 2.54. The molecule has 0 spiro atoms. The molecule has 1 atom stereocenters. The minimum absolute atomic E-state index is 0.724. The summed E-state index contributed by atoms with van der Waals surface area (Å²) in [7, 11) is 0. The molecule has 1 unspecified atom stereocenters. The van der Waals surface area contributed by atoms with Crippen LogP contribution in [0.25, 0.3) is 0 Å². The van der Waals surface area contributed by atoms with E-state index in [-0.39, 0.29) is 0 Å². The van der Waals surface area contributed by atoms with Gasteiger partial charge in [0.15, 0.2) is 0 Å². The van der Waals surface area contributed by atoms with Gasteiger partial charge < -0.3 is 15.0 Å². The summed E-state index contributed by atoms with van der Waals surface area (Å²) in [4.78, 5) is 2.60. The fourth-order valence-corrected chi connectivity index (χ4v) is 2.54. The van der Waals surface area contributed by atoms with Gasteiger partial charge in [0.1, 0.15) is 0 Å². The first-order valence-corrected chi connectivity index (χ1v) is 7.40. The van der Waals surface area contributed by atoms with E-state index >= 15 is 0 Å². The van der Waals surface area contributed by atoms with Crippen LogP contribution in [-0.4, -0.2) is 50.3 Å². The van der Waals surface area contributed by atoms with E-state index in [2.05, 4.69) is 24.1 Å². The number of piperidine rings is 1. The van der Waals surface area contributed by atoms with Gasteiger partial charge in [0, 0.05) is 32.3 Å². The molecule has 0 aromatic heterocycles. The normalized spacial score (nSPS) is 21.0. The molecular weight excluding hydrogens is 212 g/mol. The highest BCUT2D eigenvalue weighted by Crippen LogP contribution is 2.09. The largest absolute Gasteiger partial charge is 0.382 e. The van der Waals surface area contributed by atoms with Crippen LogP contribution in [0.3, 0.4) is 0 Å². The van der Waals surface area contributed by atoms with Crippen LogP contribution < -0.4 is 5.32 Å². The van der Waals surface area contributed by atoms with Crippen LogP contribution in [0.5, 0.6) is 0 Å². The average Bonchev–Trinajstić information content (AvgIpc) is 2.36. The molecule has 102 valence electrons. The predicted molar refractivity (Wildman–Crippen MR) is 73.5 cm³/mol. The van der Waals surface area contributed by atoms with Crippen molar-refractivity contribution in [2.45, 2.75) is 52.0 Å². The van der Waals surface area contributed by atoms with Gasteiger partial charge in [-0.2, -0.15) is 0 Å².